The van der Waals surface area contributed by atoms with Crippen molar-refractivity contribution in [2.24, 2.45) is 5.84 Å². The van der Waals surface area contributed by atoms with Crippen molar-refractivity contribution in [3.63, 3.8) is 0 Å². The number of nitrogens with one attached hydrogen (secondary N) is 1. The second-order valence-electron chi connectivity index (χ2n) is 4.72. The van der Waals surface area contributed by atoms with E-state index in [2.05, 4.69) is 40.9 Å². The third kappa shape index (κ3) is 2.33. The summed E-state index contributed by atoms with van der Waals surface area (Å²) >= 11 is 1.74. The van der Waals surface area contributed by atoms with E-state index in [0.29, 0.717) is 0 Å². The number of nitrogens with zero attached hydrogens (tertiary/aromatic N) is 1. The topological polar surface area (TPSA) is 50.9 Å². The third-order valence-electron chi connectivity index (χ3n) is 3.54. The summed E-state index contributed by atoms with van der Waals surface area (Å²) in [6.45, 7) is 2.16. The predicted molar refractivity (Wildman–Crippen MR) is 84.6 cm³/mol. The summed E-state index contributed by atoms with van der Waals surface area (Å²) in [5.74, 6) is 5.79. The smallest absolute Gasteiger partial charge is 0.0820 e. The van der Waals surface area contributed by atoms with Gasteiger partial charge < -0.3 is 0 Å². The summed E-state index contributed by atoms with van der Waals surface area (Å²) < 4.78 is 0. The van der Waals surface area contributed by atoms with Crippen molar-refractivity contribution in [2.45, 2.75) is 19.4 Å². The molecule has 1 aromatic carbocycles. The van der Waals surface area contributed by atoms with Gasteiger partial charge in [-0.05, 0) is 41.1 Å². The lowest BCUT2D eigenvalue weighted by Crippen LogP contribution is -2.28. The molecule has 0 fully saturated rings. The van der Waals surface area contributed by atoms with Crippen LogP contribution in [0.2, 0.25) is 0 Å². The quantitative estimate of drug-likeness (QED) is 0.570. The number of para-hydroxylation sites is 1. The van der Waals surface area contributed by atoms with E-state index in [1.54, 1.807) is 11.3 Å². The lowest BCUT2D eigenvalue weighted by Gasteiger charge is -2.17. The van der Waals surface area contributed by atoms with Gasteiger partial charge in [0.1, 0.15) is 0 Å². The Bertz CT molecular complexity index is 720. The first kappa shape index (κ1) is 13.2. The molecule has 0 saturated carbocycles. The number of hydrogen-bond acceptors (Lipinski definition) is 4. The van der Waals surface area contributed by atoms with Gasteiger partial charge in [0.25, 0.3) is 0 Å². The second kappa shape index (κ2) is 5.71. The molecule has 2 heterocycles. The van der Waals surface area contributed by atoms with Gasteiger partial charge in [-0.25, -0.2) is 5.43 Å². The molecule has 3 aromatic rings. The molecule has 0 saturated heterocycles. The van der Waals surface area contributed by atoms with E-state index in [0.717, 1.165) is 22.9 Å². The Morgan fingerprint density at radius 3 is 2.95 bits per heavy atom. The Labute approximate surface area is 122 Å². The monoisotopic (exact) mass is 283 g/mol. The van der Waals surface area contributed by atoms with Gasteiger partial charge in [0.15, 0.2) is 0 Å². The molecule has 20 heavy (non-hydrogen) atoms. The molecule has 0 amide bonds. The number of nitrogens with two attached hydrogens (primary N) is 1. The highest BCUT2D eigenvalue weighted by Crippen LogP contribution is 2.30. The summed E-state index contributed by atoms with van der Waals surface area (Å²) in [6.07, 6.45) is 2.92. The number of fused-ring (bicyclic) bond motifs is 1. The minimum atomic E-state index is 0.00190. The number of benzene rings is 1. The molecule has 0 radical (unpaired) electrons. The molecule has 4 heteroatoms. The van der Waals surface area contributed by atoms with Crippen molar-refractivity contribution >= 4 is 22.2 Å². The summed E-state index contributed by atoms with van der Waals surface area (Å²) in [4.78, 5) is 5.79. The molecule has 0 aliphatic rings. The summed E-state index contributed by atoms with van der Waals surface area (Å²) in [5.41, 5.74) is 6.38. The van der Waals surface area contributed by atoms with E-state index >= 15 is 0 Å². The van der Waals surface area contributed by atoms with Crippen LogP contribution in [0.4, 0.5) is 0 Å². The molecule has 102 valence electrons. The van der Waals surface area contributed by atoms with Crippen LogP contribution in [-0.2, 0) is 6.42 Å². The Morgan fingerprint density at radius 1 is 1.30 bits per heavy atom. The average Bonchev–Trinajstić information content (AvgIpc) is 2.96. The first-order valence-corrected chi connectivity index (χ1v) is 7.58. The standard InChI is InChI=1S/C16H17N3S/c1-2-11-7-8-20-16(11)15(19-17)13-9-12-5-3-4-6-14(12)18-10-13/h3-10,15,19H,2,17H2,1H3. The second-order valence-corrected chi connectivity index (χ2v) is 5.67. The van der Waals surface area contributed by atoms with Gasteiger partial charge in [0.2, 0.25) is 0 Å². The van der Waals surface area contributed by atoms with Crippen molar-refractivity contribution < 1.29 is 0 Å². The number of hydrazine groups is 1. The van der Waals surface area contributed by atoms with Crippen molar-refractivity contribution in [3.05, 3.63) is 64.0 Å². The predicted octanol–water partition coefficient (Wildman–Crippen LogP) is 3.41. The van der Waals surface area contributed by atoms with E-state index in [9.17, 15) is 0 Å². The van der Waals surface area contributed by atoms with Crippen molar-refractivity contribution in [3.8, 4) is 0 Å². The highest BCUT2D eigenvalue weighted by atomic mass is 32.1. The lowest BCUT2D eigenvalue weighted by molar-refractivity contribution is 0.640. The van der Waals surface area contributed by atoms with E-state index in [-0.39, 0.29) is 6.04 Å². The molecule has 0 aliphatic heterocycles. The number of rotatable bonds is 4. The Hall–Kier alpha value is -1.75. The lowest BCUT2D eigenvalue weighted by atomic mass is 10.0. The molecule has 0 aliphatic carbocycles. The maximum Gasteiger partial charge on any atom is 0.0820 e. The summed E-state index contributed by atoms with van der Waals surface area (Å²) in [5, 5.41) is 3.26. The number of hydrogen-bond donors (Lipinski definition) is 2. The average molecular weight is 283 g/mol. The van der Waals surface area contributed by atoms with Gasteiger partial charge in [-0.15, -0.1) is 11.3 Å². The first-order valence-electron chi connectivity index (χ1n) is 6.70. The normalized spacial score (nSPS) is 12.7. The van der Waals surface area contributed by atoms with Crippen LogP contribution in [0.5, 0.6) is 0 Å². The van der Waals surface area contributed by atoms with E-state index in [4.69, 9.17) is 5.84 Å². The Morgan fingerprint density at radius 2 is 2.15 bits per heavy atom. The van der Waals surface area contributed by atoms with Crippen LogP contribution >= 0.6 is 11.3 Å². The fraction of sp³-hybridized carbons (Fsp3) is 0.188. The molecule has 0 bridgehead atoms. The molecule has 3 nitrogen and oxygen atoms in total. The van der Waals surface area contributed by atoms with Crippen molar-refractivity contribution in [2.75, 3.05) is 0 Å². The molecule has 2 aromatic heterocycles. The molecule has 3 N–H and O–H groups in total. The maximum absolute atomic E-state index is 5.79. The Kier molecular flexibility index (Phi) is 3.78. The minimum absolute atomic E-state index is 0.00190. The highest BCUT2D eigenvalue weighted by Gasteiger charge is 2.17. The van der Waals surface area contributed by atoms with E-state index in [1.807, 2.05) is 24.4 Å². The van der Waals surface area contributed by atoms with Crippen LogP contribution in [0.15, 0.2) is 48.0 Å². The van der Waals surface area contributed by atoms with Gasteiger partial charge in [-0.2, -0.15) is 0 Å². The fourth-order valence-corrected chi connectivity index (χ4v) is 3.54. The largest absolute Gasteiger partial charge is 0.271 e. The van der Waals surface area contributed by atoms with Crippen LogP contribution < -0.4 is 11.3 Å². The molecular formula is C16H17N3S. The zero-order chi connectivity index (χ0) is 13.9. The minimum Gasteiger partial charge on any atom is -0.271 e. The summed E-state index contributed by atoms with van der Waals surface area (Å²) in [6, 6.07) is 12.5. The van der Waals surface area contributed by atoms with Crippen LogP contribution in [-0.4, -0.2) is 4.98 Å². The number of aryl methyl sites for hydroxylation is 1. The van der Waals surface area contributed by atoms with Crippen molar-refractivity contribution in [1.82, 2.24) is 10.4 Å². The van der Waals surface area contributed by atoms with Gasteiger partial charge in [0.05, 0.1) is 11.6 Å². The van der Waals surface area contributed by atoms with Crippen LogP contribution in [0, 0.1) is 0 Å². The fourth-order valence-electron chi connectivity index (χ4n) is 2.46. The van der Waals surface area contributed by atoms with Crippen LogP contribution in [0.25, 0.3) is 10.9 Å². The number of aromatic nitrogens is 1. The molecule has 1 unspecified atom stereocenters. The number of pyridine rings is 1. The summed E-state index contributed by atoms with van der Waals surface area (Å²) in [7, 11) is 0. The van der Waals surface area contributed by atoms with Crippen LogP contribution in [0.1, 0.15) is 29.0 Å². The Balaban J connectivity index is 2.07. The first-order chi connectivity index (χ1) is 9.83. The molecule has 3 rings (SSSR count). The zero-order valence-corrected chi connectivity index (χ0v) is 12.2. The van der Waals surface area contributed by atoms with Gasteiger partial charge >= 0.3 is 0 Å². The van der Waals surface area contributed by atoms with Gasteiger partial charge in [-0.1, -0.05) is 25.1 Å². The SMILES string of the molecule is CCc1ccsc1C(NN)c1cnc2ccccc2c1. The van der Waals surface area contributed by atoms with E-state index < -0.39 is 0 Å². The van der Waals surface area contributed by atoms with Gasteiger partial charge in [-0.3, -0.25) is 10.8 Å². The molecular weight excluding hydrogens is 266 g/mol. The van der Waals surface area contributed by atoms with Gasteiger partial charge in [0, 0.05) is 16.5 Å². The highest BCUT2D eigenvalue weighted by molar-refractivity contribution is 7.10. The van der Waals surface area contributed by atoms with E-state index in [1.165, 1.54) is 10.4 Å². The molecule has 1 atom stereocenters. The van der Waals surface area contributed by atoms with Crippen LogP contribution in [0.3, 0.4) is 0 Å². The maximum atomic E-state index is 5.79. The zero-order valence-electron chi connectivity index (χ0n) is 11.3. The molecule has 0 spiro atoms. The number of thiophene rings is 1. The third-order valence-corrected chi connectivity index (χ3v) is 4.56. The van der Waals surface area contributed by atoms with Crippen molar-refractivity contribution in [1.29, 1.82) is 0 Å².